The number of aryl methyl sites for hydroxylation is 1. The average Bonchev–Trinajstić information content (AvgIpc) is 3.28. The summed E-state index contributed by atoms with van der Waals surface area (Å²) in [5.41, 5.74) is 3.62. The quantitative estimate of drug-likeness (QED) is 0.572. The number of carbonyl (C=O) groups excluding carboxylic acids is 1. The Morgan fingerprint density at radius 3 is 2.69 bits per heavy atom. The highest BCUT2D eigenvalue weighted by atomic mass is 32.1. The second-order valence-corrected chi connectivity index (χ2v) is 8.42. The van der Waals surface area contributed by atoms with Crippen LogP contribution in [0.1, 0.15) is 46.3 Å². The summed E-state index contributed by atoms with van der Waals surface area (Å²) < 4.78 is 0. The van der Waals surface area contributed by atoms with Crippen LogP contribution in [0.25, 0.3) is 6.08 Å². The molecule has 0 bridgehead atoms. The number of carbonyl (C=O) groups is 1. The second kappa shape index (κ2) is 9.14. The van der Waals surface area contributed by atoms with Crippen LogP contribution >= 0.6 is 11.3 Å². The molecule has 1 aromatic carbocycles. The summed E-state index contributed by atoms with van der Waals surface area (Å²) in [7, 11) is 0. The molecule has 3 aromatic rings. The molecule has 29 heavy (non-hydrogen) atoms. The van der Waals surface area contributed by atoms with Crippen LogP contribution in [0.4, 0.5) is 0 Å². The highest BCUT2D eigenvalue weighted by Gasteiger charge is 2.25. The van der Waals surface area contributed by atoms with Crippen LogP contribution in [0, 0.1) is 6.92 Å². The number of rotatable bonds is 5. The van der Waals surface area contributed by atoms with Gasteiger partial charge in [0, 0.05) is 42.6 Å². The van der Waals surface area contributed by atoms with Gasteiger partial charge in [0.1, 0.15) is 5.82 Å². The van der Waals surface area contributed by atoms with E-state index in [1.165, 1.54) is 11.1 Å². The minimum absolute atomic E-state index is 0.0974. The Balaban J connectivity index is 1.43. The van der Waals surface area contributed by atoms with Crippen molar-refractivity contribution in [3.63, 3.8) is 0 Å². The number of piperidine rings is 1. The molecular formula is C24H25N3OS. The fourth-order valence-electron chi connectivity index (χ4n) is 3.84. The molecule has 2 aromatic heterocycles. The SMILES string of the molecule is Cc1ncc(Cc2ccccc2)c(C2CCN(C(=O)/C=C/c3cccs3)CC2)n1. The molecule has 0 spiro atoms. The van der Waals surface area contributed by atoms with Gasteiger partial charge in [0.25, 0.3) is 0 Å². The fraction of sp³-hybridized carbons (Fsp3) is 0.292. The molecule has 0 aliphatic carbocycles. The maximum Gasteiger partial charge on any atom is 0.246 e. The summed E-state index contributed by atoms with van der Waals surface area (Å²) in [4.78, 5) is 24.8. The lowest BCUT2D eigenvalue weighted by Gasteiger charge is -2.32. The fourth-order valence-corrected chi connectivity index (χ4v) is 4.45. The van der Waals surface area contributed by atoms with E-state index in [2.05, 4.69) is 29.2 Å². The summed E-state index contributed by atoms with van der Waals surface area (Å²) in [5.74, 6) is 1.29. The molecule has 0 unspecified atom stereocenters. The molecule has 1 aliphatic rings. The lowest BCUT2D eigenvalue weighted by atomic mass is 9.89. The number of thiophene rings is 1. The van der Waals surface area contributed by atoms with E-state index < -0.39 is 0 Å². The Morgan fingerprint density at radius 1 is 1.17 bits per heavy atom. The van der Waals surface area contributed by atoms with E-state index in [4.69, 9.17) is 4.98 Å². The van der Waals surface area contributed by atoms with Crippen LogP contribution in [0.2, 0.25) is 0 Å². The van der Waals surface area contributed by atoms with Crippen molar-refractivity contribution < 1.29 is 4.79 Å². The maximum absolute atomic E-state index is 12.5. The zero-order chi connectivity index (χ0) is 20.1. The molecule has 5 heteroatoms. The van der Waals surface area contributed by atoms with Crippen LogP contribution in [-0.2, 0) is 11.2 Å². The van der Waals surface area contributed by atoms with E-state index in [-0.39, 0.29) is 5.91 Å². The summed E-state index contributed by atoms with van der Waals surface area (Å²) in [6.45, 7) is 3.49. The van der Waals surface area contributed by atoms with E-state index in [9.17, 15) is 4.79 Å². The Hall–Kier alpha value is -2.79. The maximum atomic E-state index is 12.5. The number of hydrogen-bond donors (Lipinski definition) is 0. The largest absolute Gasteiger partial charge is 0.339 e. The Bertz CT molecular complexity index is 975. The molecule has 4 rings (SSSR count). The van der Waals surface area contributed by atoms with E-state index in [1.54, 1.807) is 17.4 Å². The number of aromatic nitrogens is 2. The zero-order valence-corrected chi connectivity index (χ0v) is 17.4. The summed E-state index contributed by atoms with van der Waals surface area (Å²) in [6.07, 6.45) is 8.31. The molecule has 0 radical (unpaired) electrons. The normalized spacial score (nSPS) is 15.1. The molecular weight excluding hydrogens is 378 g/mol. The molecule has 148 valence electrons. The monoisotopic (exact) mass is 403 g/mol. The number of hydrogen-bond acceptors (Lipinski definition) is 4. The zero-order valence-electron chi connectivity index (χ0n) is 16.6. The molecule has 1 amide bonds. The van der Waals surface area contributed by atoms with Gasteiger partial charge in [-0.05, 0) is 48.4 Å². The van der Waals surface area contributed by atoms with E-state index in [0.29, 0.717) is 5.92 Å². The molecule has 1 fully saturated rings. The molecule has 0 atom stereocenters. The van der Waals surface area contributed by atoms with Crippen molar-refractivity contribution in [1.29, 1.82) is 0 Å². The van der Waals surface area contributed by atoms with Crippen molar-refractivity contribution in [2.45, 2.75) is 32.1 Å². The van der Waals surface area contributed by atoms with Crippen molar-refractivity contribution in [2.75, 3.05) is 13.1 Å². The van der Waals surface area contributed by atoms with Crippen molar-refractivity contribution in [3.05, 3.63) is 87.6 Å². The average molecular weight is 404 g/mol. The van der Waals surface area contributed by atoms with Crippen LogP contribution in [0.15, 0.2) is 60.1 Å². The van der Waals surface area contributed by atoms with Gasteiger partial charge in [-0.3, -0.25) is 4.79 Å². The number of benzene rings is 1. The van der Waals surface area contributed by atoms with Gasteiger partial charge >= 0.3 is 0 Å². The molecule has 1 aliphatic heterocycles. The molecule has 4 nitrogen and oxygen atoms in total. The predicted octanol–water partition coefficient (Wildman–Crippen LogP) is 4.86. The first-order valence-corrected chi connectivity index (χ1v) is 10.9. The topological polar surface area (TPSA) is 46.1 Å². The molecule has 0 saturated carbocycles. The number of nitrogens with zero attached hydrogens (tertiary/aromatic N) is 3. The predicted molar refractivity (Wildman–Crippen MR) is 118 cm³/mol. The molecule has 0 N–H and O–H groups in total. The van der Waals surface area contributed by atoms with Gasteiger partial charge in [-0.1, -0.05) is 36.4 Å². The van der Waals surface area contributed by atoms with Crippen molar-refractivity contribution in [3.8, 4) is 0 Å². The van der Waals surface area contributed by atoms with Crippen molar-refractivity contribution in [2.24, 2.45) is 0 Å². The Morgan fingerprint density at radius 2 is 1.97 bits per heavy atom. The van der Waals surface area contributed by atoms with Crippen LogP contribution < -0.4 is 0 Å². The minimum atomic E-state index is 0.0974. The van der Waals surface area contributed by atoms with Gasteiger partial charge < -0.3 is 4.90 Å². The van der Waals surface area contributed by atoms with E-state index >= 15 is 0 Å². The summed E-state index contributed by atoms with van der Waals surface area (Å²) in [5, 5.41) is 2.02. The highest BCUT2D eigenvalue weighted by Crippen LogP contribution is 2.30. The summed E-state index contributed by atoms with van der Waals surface area (Å²) in [6, 6.07) is 14.5. The number of amides is 1. The second-order valence-electron chi connectivity index (χ2n) is 7.44. The lowest BCUT2D eigenvalue weighted by molar-refractivity contribution is -0.126. The van der Waals surface area contributed by atoms with Gasteiger partial charge in [-0.2, -0.15) is 0 Å². The van der Waals surface area contributed by atoms with Crippen molar-refractivity contribution >= 4 is 23.3 Å². The smallest absolute Gasteiger partial charge is 0.246 e. The first-order valence-electron chi connectivity index (χ1n) is 10.1. The van der Waals surface area contributed by atoms with Crippen LogP contribution in [-0.4, -0.2) is 33.9 Å². The lowest BCUT2D eigenvalue weighted by Crippen LogP contribution is -2.37. The highest BCUT2D eigenvalue weighted by molar-refractivity contribution is 7.10. The standard InChI is InChI=1S/C24H25N3OS/c1-18-25-17-21(16-19-6-3-2-4-7-19)24(26-18)20-11-13-27(14-12-20)23(28)10-9-22-8-5-15-29-22/h2-10,15,17,20H,11-14,16H2,1H3/b10-9+. The van der Waals surface area contributed by atoms with Gasteiger partial charge in [-0.15, -0.1) is 11.3 Å². The third-order valence-corrected chi connectivity index (χ3v) is 6.22. The summed E-state index contributed by atoms with van der Waals surface area (Å²) >= 11 is 1.64. The van der Waals surface area contributed by atoms with Gasteiger partial charge in [0.15, 0.2) is 0 Å². The third kappa shape index (κ3) is 4.98. The number of likely N-dealkylation sites (tertiary alicyclic amines) is 1. The van der Waals surface area contributed by atoms with E-state index in [0.717, 1.165) is 48.7 Å². The van der Waals surface area contributed by atoms with Gasteiger partial charge in [0.05, 0.1) is 5.69 Å². The molecule has 1 saturated heterocycles. The van der Waals surface area contributed by atoms with Gasteiger partial charge in [-0.25, -0.2) is 9.97 Å². The van der Waals surface area contributed by atoms with Crippen molar-refractivity contribution in [1.82, 2.24) is 14.9 Å². The van der Waals surface area contributed by atoms with Crippen LogP contribution in [0.5, 0.6) is 0 Å². The first-order chi connectivity index (χ1) is 14.2. The van der Waals surface area contributed by atoms with Gasteiger partial charge in [0.2, 0.25) is 5.91 Å². The molecule has 3 heterocycles. The Labute approximate surface area is 176 Å². The minimum Gasteiger partial charge on any atom is -0.339 e. The van der Waals surface area contributed by atoms with Crippen LogP contribution in [0.3, 0.4) is 0 Å². The first kappa shape index (κ1) is 19.5. The van der Waals surface area contributed by atoms with E-state index in [1.807, 2.05) is 47.7 Å². The third-order valence-electron chi connectivity index (χ3n) is 5.38. The Kier molecular flexibility index (Phi) is 6.15.